The van der Waals surface area contributed by atoms with Gasteiger partial charge in [-0.1, -0.05) is 42.5 Å². The molecule has 0 saturated carbocycles. The van der Waals surface area contributed by atoms with Gasteiger partial charge >= 0.3 is 0 Å². The molecule has 3 N–H and O–H groups in total. The van der Waals surface area contributed by atoms with Crippen LogP contribution in [0.15, 0.2) is 48.7 Å². The Morgan fingerprint density at radius 1 is 1.15 bits per heavy atom. The number of allylic oxidation sites excluding steroid dienone is 2. The van der Waals surface area contributed by atoms with Crippen molar-refractivity contribution in [1.29, 1.82) is 0 Å². The molecule has 10 heteroatoms. The maximum atomic E-state index is 13.7. The van der Waals surface area contributed by atoms with E-state index in [1.165, 1.54) is 0 Å². The van der Waals surface area contributed by atoms with E-state index in [4.69, 9.17) is 4.74 Å². The number of likely N-dealkylation sites (tertiary alicyclic amines) is 1. The van der Waals surface area contributed by atoms with Crippen LogP contribution in [0.5, 0.6) is 0 Å². The van der Waals surface area contributed by atoms with Gasteiger partial charge in [-0.05, 0) is 50.5 Å². The van der Waals surface area contributed by atoms with Crippen LogP contribution in [-0.4, -0.2) is 77.3 Å². The number of fused-ring (bicyclic) bond motifs is 1. The quantitative estimate of drug-likeness (QED) is 0.482. The highest BCUT2D eigenvalue weighted by Crippen LogP contribution is 2.36. The summed E-state index contributed by atoms with van der Waals surface area (Å²) in [5.74, 6) is -0.139. The average Bonchev–Trinajstić information content (AvgIpc) is 3.28. The number of piperidine rings is 1. The molecule has 10 nitrogen and oxygen atoms in total. The van der Waals surface area contributed by atoms with Gasteiger partial charge in [-0.15, -0.1) is 0 Å². The van der Waals surface area contributed by atoms with Crippen molar-refractivity contribution in [3.05, 3.63) is 59.9 Å². The molecule has 41 heavy (non-hydrogen) atoms. The van der Waals surface area contributed by atoms with Gasteiger partial charge in [0.2, 0.25) is 17.7 Å². The van der Waals surface area contributed by atoms with E-state index in [0.717, 1.165) is 29.8 Å². The molecule has 3 amide bonds. The van der Waals surface area contributed by atoms with Gasteiger partial charge in [-0.3, -0.25) is 24.0 Å². The number of hydrogen-bond acceptors (Lipinski definition) is 6. The molecule has 2 fully saturated rings. The van der Waals surface area contributed by atoms with Crippen LogP contribution in [0.4, 0.5) is 5.69 Å². The van der Waals surface area contributed by atoms with Crippen molar-refractivity contribution in [2.45, 2.75) is 57.5 Å². The van der Waals surface area contributed by atoms with E-state index in [1.54, 1.807) is 4.68 Å². The molecule has 220 valence electrons. The lowest BCUT2D eigenvalue weighted by molar-refractivity contribution is -0.140. The van der Waals surface area contributed by atoms with E-state index in [9.17, 15) is 14.4 Å². The first-order valence-corrected chi connectivity index (χ1v) is 14.7. The van der Waals surface area contributed by atoms with Crippen LogP contribution in [0.1, 0.15) is 43.4 Å². The van der Waals surface area contributed by atoms with Crippen molar-refractivity contribution in [3.8, 4) is 0 Å². The molecule has 3 aliphatic rings. The molecule has 0 aliphatic carbocycles. The monoisotopic (exact) mass is 562 g/mol. The van der Waals surface area contributed by atoms with Crippen molar-refractivity contribution >= 4 is 23.4 Å². The smallest absolute Gasteiger partial charge is 0.243 e. The second-order valence-electron chi connectivity index (χ2n) is 11.8. The number of amides is 3. The van der Waals surface area contributed by atoms with Crippen LogP contribution in [0.3, 0.4) is 0 Å². The van der Waals surface area contributed by atoms with Gasteiger partial charge in [-0.2, -0.15) is 5.10 Å². The lowest BCUT2D eigenvalue weighted by atomic mass is 9.75. The van der Waals surface area contributed by atoms with Crippen molar-refractivity contribution in [2.75, 3.05) is 38.2 Å². The van der Waals surface area contributed by atoms with Crippen LogP contribution in [0, 0.1) is 18.3 Å². The van der Waals surface area contributed by atoms with E-state index < -0.39 is 11.5 Å². The Bertz CT molecular complexity index is 1250. The summed E-state index contributed by atoms with van der Waals surface area (Å²) < 4.78 is 7.28. The predicted octanol–water partition coefficient (Wildman–Crippen LogP) is 2.35. The molecule has 1 spiro atoms. The molecule has 2 aromatic rings. The maximum Gasteiger partial charge on any atom is 0.243 e. The lowest BCUT2D eigenvalue weighted by Gasteiger charge is -2.40. The van der Waals surface area contributed by atoms with Crippen molar-refractivity contribution in [1.82, 2.24) is 25.3 Å². The minimum Gasteiger partial charge on any atom is -0.381 e. The number of anilines is 1. The number of aryl methyl sites for hydroxylation is 2. The predicted molar refractivity (Wildman–Crippen MR) is 156 cm³/mol. The number of aromatic nitrogens is 2. The van der Waals surface area contributed by atoms with Gasteiger partial charge in [0.1, 0.15) is 6.04 Å². The topological polar surface area (TPSA) is 118 Å². The third kappa shape index (κ3) is 7.23. The Kier molecular flexibility index (Phi) is 9.19. The summed E-state index contributed by atoms with van der Waals surface area (Å²) in [5.41, 5.74) is 1.93. The highest BCUT2D eigenvalue weighted by Gasteiger charge is 2.41. The number of nitrogens with one attached hydrogen (secondary N) is 3. The number of benzene rings is 1. The number of rotatable bonds is 5. The zero-order valence-electron chi connectivity index (χ0n) is 24.1. The Morgan fingerprint density at radius 2 is 1.93 bits per heavy atom. The minimum atomic E-state index is -0.666. The van der Waals surface area contributed by atoms with E-state index in [2.05, 4.69) is 38.1 Å². The molecule has 5 rings (SSSR count). The Balaban J connectivity index is 1.32. The number of nitrogens with zero attached hydrogens (tertiary/aromatic N) is 3. The van der Waals surface area contributed by atoms with Crippen LogP contribution in [0.25, 0.3) is 0 Å². The Morgan fingerprint density at radius 3 is 2.66 bits per heavy atom. The number of carbonyl (C=O) groups excluding carboxylic acids is 3. The maximum absolute atomic E-state index is 13.7. The summed E-state index contributed by atoms with van der Waals surface area (Å²) in [6, 6.07) is 9.12. The molecule has 2 saturated heterocycles. The molecule has 3 aliphatic heterocycles. The summed E-state index contributed by atoms with van der Waals surface area (Å²) in [6.45, 7) is 4.63. The second kappa shape index (κ2) is 13.0. The van der Waals surface area contributed by atoms with E-state index >= 15 is 0 Å². The Labute approximate surface area is 241 Å². The largest absolute Gasteiger partial charge is 0.381 e. The molecule has 1 aromatic carbocycles. The van der Waals surface area contributed by atoms with Gasteiger partial charge in [0.05, 0.1) is 23.3 Å². The normalized spacial score (nSPS) is 25.4. The van der Waals surface area contributed by atoms with Crippen LogP contribution < -0.4 is 16.0 Å². The second-order valence-corrected chi connectivity index (χ2v) is 11.8. The first-order chi connectivity index (χ1) is 19.8. The van der Waals surface area contributed by atoms with Gasteiger partial charge in [0.25, 0.3) is 0 Å². The SMILES string of the molecule is Cc1nn(C)cc1NC(=O)CN1CC[C@@H]2NC(=O)[C@@H](Cc3ccccc3)NC(=O)C3(CC=CC[C@@H]2C1)CCOCC3. The van der Waals surface area contributed by atoms with Crippen molar-refractivity contribution in [3.63, 3.8) is 0 Å². The van der Waals surface area contributed by atoms with Gasteiger partial charge in [0.15, 0.2) is 0 Å². The molecule has 0 bridgehead atoms. The molecule has 1 aromatic heterocycles. The molecular weight excluding hydrogens is 520 g/mol. The third-order valence-electron chi connectivity index (χ3n) is 8.75. The lowest BCUT2D eigenvalue weighted by Crippen LogP contribution is -2.58. The molecule has 4 heterocycles. The summed E-state index contributed by atoms with van der Waals surface area (Å²) in [7, 11) is 1.83. The Hall–Kier alpha value is -3.50. The van der Waals surface area contributed by atoms with E-state index in [-0.39, 0.29) is 36.2 Å². The zero-order chi connectivity index (χ0) is 28.8. The number of carbonyl (C=O) groups is 3. The standard InChI is InChI=1S/C31H42N6O4/c1-22-27(20-36(2)35-22)32-28(38)21-37-15-11-25-24(19-37)10-6-7-12-31(13-16-41-17-14-31)30(40)34-26(29(39)33-25)18-23-8-4-3-5-9-23/h3-9,20,24-26H,10-19,21H2,1-2H3,(H,32,38)(H,33,39)(H,34,40)/t24-,25+,26-/m1/s1. The summed E-state index contributed by atoms with van der Waals surface area (Å²) in [6.07, 6.45) is 9.91. The van der Waals surface area contributed by atoms with Crippen LogP contribution in [-0.2, 0) is 32.6 Å². The van der Waals surface area contributed by atoms with Gasteiger partial charge < -0.3 is 20.7 Å². The molecule has 0 radical (unpaired) electrons. The zero-order valence-corrected chi connectivity index (χ0v) is 24.1. The highest BCUT2D eigenvalue weighted by atomic mass is 16.5. The average molecular weight is 563 g/mol. The third-order valence-corrected chi connectivity index (χ3v) is 8.75. The fourth-order valence-corrected chi connectivity index (χ4v) is 6.31. The van der Waals surface area contributed by atoms with Gasteiger partial charge in [-0.25, -0.2) is 0 Å². The molecule has 3 atom stereocenters. The first-order valence-electron chi connectivity index (χ1n) is 14.7. The fraction of sp³-hybridized carbons (Fsp3) is 0.548. The van der Waals surface area contributed by atoms with E-state index in [1.807, 2.05) is 50.5 Å². The summed E-state index contributed by atoms with van der Waals surface area (Å²) >= 11 is 0. The van der Waals surface area contributed by atoms with Crippen molar-refractivity contribution < 1.29 is 19.1 Å². The summed E-state index contributed by atoms with van der Waals surface area (Å²) in [4.78, 5) is 42.5. The fourth-order valence-electron chi connectivity index (χ4n) is 6.31. The van der Waals surface area contributed by atoms with Crippen LogP contribution >= 0.6 is 0 Å². The minimum absolute atomic E-state index is 0.0429. The van der Waals surface area contributed by atoms with E-state index in [0.29, 0.717) is 52.0 Å². The number of hydrogen-bond donors (Lipinski definition) is 3. The van der Waals surface area contributed by atoms with Crippen LogP contribution in [0.2, 0.25) is 0 Å². The summed E-state index contributed by atoms with van der Waals surface area (Å²) in [5, 5.41) is 13.7. The highest BCUT2D eigenvalue weighted by molar-refractivity contribution is 5.92. The van der Waals surface area contributed by atoms with Crippen molar-refractivity contribution in [2.24, 2.45) is 18.4 Å². The van der Waals surface area contributed by atoms with Gasteiger partial charge in [0, 0.05) is 52.0 Å². The molecule has 0 unspecified atom stereocenters. The molecular formula is C31H42N6O4. The first kappa shape index (κ1) is 29.0. The number of ether oxygens (including phenoxy) is 1.